The van der Waals surface area contributed by atoms with Gasteiger partial charge >= 0.3 is 6.03 Å². The molecule has 8 nitrogen and oxygen atoms in total. The third-order valence-corrected chi connectivity index (χ3v) is 9.41. The molecule has 5 rings (SSSR count). The number of fused-ring (bicyclic) bond motifs is 2. The molecule has 0 bridgehead atoms. The molecule has 3 aromatic rings. The third kappa shape index (κ3) is 4.63. The van der Waals surface area contributed by atoms with Gasteiger partial charge in [-0.2, -0.15) is 0 Å². The quantitative estimate of drug-likeness (QED) is 0.533. The summed E-state index contributed by atoms with van der Waals surface area (Å²) in [4.78, 5) is 20.2. The minimum atomic E-state index is -4.07. The lowest BCUT2D eigenvalue weighted by molar-refractivity contribution is 0.256. The second kappa shape index (κ2) is 9.21. The molecule has 2 aliphatic rings. The molecule has 0 radical (unpaired) electrons. The average molecular weight is 517 g/mol. The molecule has 1 aliphatic heterocycles. The van der Waals surface area contributed by atoms with E-state index in [0.29, 0.717) is 53.2 Å². The van der Waals surface area contributed by atoms with Crippen LogP contribution in [-0.4, -0.2) is 45.0 Å². The summed E-state index contributed by atoms with van der Waals surface area (Å²) in [6.45, 7) is 1.53. The van der Waals surface area contributed by atoms with Gasteiger partial charge in [0.1, 0.15) is 10.0 Å². The number of methoxy groups -OCH3 is 1. The van der Waals surface area contributed by atoms with Crippen molar-refractivity contribution in [2.45, 2.75) is 36.4 Å². The topological polar surface area (TPSA) is 101 Å². The molecule has 0 saturated carbocycles. The molecule has 1 aromatic carbocycles. The zero-order valence-electron chi connectivity index (χ0n) is 19.4. The zero-order valence-corrected chi connectivity index (χ0v) is 21.0. The largest absolute Gasteiger partial charge is 0.481 e. The predicted octanol–water partition coefficient (Wildman–Crippen LogP) is 3.94. The Kier molecular flexibility index (Phi) is 6.24. The number of aromatic nitrogens is 1. The molecule has 184 valence electrons. The van der Waals surface area contributed by atoms with Crippen molar-refractivity contribution < 1.29 is 22.3 Å². The second-order valence-corrected chi connectivity index (χ2v) is 11.8. The van der Waals surface area contributed by atoms with Crippen LogP contribution in [-0.2, 0) is 35.8 Å². The Morgan fingerprint density at radius 1 is 1.20 bits per heavy atom. The van der Waals surface area contributed by atoms with Crippen molar-refractivity contribution in [3.8, 4) is 17.0 Å². The van der Waals surface area contributed by atoms with Crippen LogP contribution in [0.25, 0.3) is 11.1 Å². The van der Waals surface area contributed by atoms with E-state index in [1.165, 1.54) is 30.7 Å². The van der Waals surface area contributed by atoms with Gasteiger partial charge in [-0.05, 0) is 73.2 Å². The Hall–Kier alpha value is -3.02. The Morgan fingerprint density at radius 3 is 2.80 bits per heavy atom. The summed E-state index contributed by atoms with van der Waals surface area (Å²) < 4.78 is 48.3. The van der Waals surface area contributed by atoms with Crippen LogP contribution in [0.4, 0.5) is 14.9 Å². The number of nitrogens with one attached hydrogen (secondary N) is 2. The summed E-state index contributed by atoms with van der Waals surface area (Å²) in [6.07, 6.45) is 4.20. The normalized spacial score (nSPS) is 15.4. The molecule has 2 aromatic heterocycles. The Labute approximate surface area is 207 Å². The number of likely N-dealkylation sites (N-methyl/N-ethyl adjacent to an activating group) is 1. The lowest BCUT2D eigenvalue weighted by atomic mass is 9.97. The molecule has 0 spiro atoms. The Bertz CT molecular complexity index is 1420. The van der Waals surface area contributed by atoms with Crippen LogP contribution in [0, 0.1) is 5.82 Å². The summed E-state index contributed by atoms with van der Waals surface area (Å²) in [6, 6.07) is 5.44. The number of nitrogens with zero attached hydrogens (tertiary/aromatic N) is 2. The van der Waals surface area contributed by atoms with E-state index in [0.717, 1.165) is 29.8 Å². The maximum atomic E-state index is 14.9. The van der Waals surface area contributed by atoms with E-state index in [9.17, 15) is 17.6 Å². The number of ether oxygens (including phenoxy) is 1. The highest BCUT2D eigenvalue weighted by atomic mass is 32.2. The average Bonchev–Trinajstić information content (AvgIpc) is 3.48. The monoisotopic (exact) mass is 516 g/mol. The van der Waals surface area contributed by atoms with Crippen molar-refractivity contribution in [2.24, 2.45) is 0 Å². The molecule has 3 heterocycles. The van der Waals surface area contributed by atoms with Crippen molar-refractivity contribution >= 4 is 33.1 Å². The lowest BCUT2D eigenvalue weighted by Gasteiger charge is -2.21. The van der Waals surface area contributed by atoms with Crippen LogP contribution < -0.4 is 14.8 Å². The van der Waals surface area contributed by atoms with Crippen molar-refractivity contribution in [3.63, 3.8) is 0 Å². The number of amides is 2. The van der Waals surface area contributed by atoms with E-state index in [-0.39, 0.29) is 10.0 Å². The molecule has 35 heavy (non-hydrogen) atoms. The number of urea groups is 1. The number of pyridine rings is 1. The number of rotatable bonds is 5. The highest BCUT2D eigenvalue weighted by molar-refractivity contribution is 7.92. The van der Waals surface area contributed by atoms with Gasteiger partial charge in [0.05, 0.1) is 12.8 Å². The van der Waals surface area contributed by atoms with Crippen molar-refractivity contribution in [1.29, 1.82) is 0 Å². The molecular formula is C24H25FN4O4S2. The SMILES string of the molecule is COc1cc(-c2cc(F)c3c(c2NC(=O)NS(=O)(=O)c2cc4c(s2)CCN(C)C4)CCC3)ccn1. The molecule has 0 unspecified atom stereocenters. The van der Waals surface area contributed by atoms with E-state index < -0.39 is 16.1 Å². The maximum absolute atomic E-state index is 14.9. The number of thiophene rings is 1. The first-order valence-electron chi connectivity index (χ1n) is 11.2. The van der Waals surface area contributed by atoms with Gasteiger partial charge in [-0.1, -0.05) is 0 Å². The number of sulfonamides is 1. The molecule has 0 atom stereocenters. The summed E-state index contributed by atoms with van der Waals surface area (Å²) >= 11 is 1.19. The van der Waals surface area contributed by atoms with Crippen LogP contribution in [0.3, 0.4) is 0 Å². The molecule has 0 fully saturated rings. The number of hydrogen-bond donors (Lipinski definition) is 2. The van der Waals surface area contributed by atoms with Crippen LogP contribution in [0.1, 0.15) is 28.0 Å². The zero-order chi connectivity index (χ0) is 24.7. The standard InChI is InChI=1S/C24H25FN4O4S2/c1-29-9-7-20-15(13-29)11-22(34-20)35(31,32)28-24(30)27-23-17-5-3-4-16(17)19(25)12-18(23)14-6-8-26-21(10-14)33-2/h6,8,10-12H,3-5,7,9,13H2,1-2H3,(H2,27,28,30). The fourth-order valence-corrected chi connectivity index (χ4v) is 7.13. The van der Waals surface area contributed by atoms with Crippen molar-refractivity contribution in [1.82, 2.24) is 14.6 Å². The van der Waals surface area contributed by atoms with Gasteiger partial charge in [-0.3, -0.25) is 0 Å². The number of carbonyl (C=O) groups excluding carboxylic acids is 1. The van der Waals surface area contributed by atoms with Crippen LogP contribution in [0.15, 0.2) is 34.7 Å². The summed E-state index contributed by atoms with van der Waals surface area (Å²) in [7, 11) is -0.604. The lowest BCUT2D eigenvalue weighted by Crippen LogP contribution is -2.34. The van der Waals surface area contributed by atoms with E-state index in [1.807, 2.05) is 7.05 Å². The van der Waals surface area contributed by atoms with Crippen LogP contribution in [0.2, 0.25) is 0 Å². The highest BCUT2D eigenvalue weighted by Gasteiger charge is 2.28. The van der Waals surface area contributed by atoms with E-state index in [2.05, 4.69) is 19.9 Å². The molecule has 2 amide bonds. The highest BCUT2D eigenvalue weighted by Crippen LogP contribution is 2.40. The number of benzene rings is 1. The van der Waals surface area contributed by atoms with Gasteiger partial charge < -0.3 is 15.0 Å². The fraction of sp³-hybridized carbons (Fsp3) is 0.333. The van der Waals surface area contributed by atoms with Crippen molar-refractivity contribution in [3.05, 3.63) is 57.8 Å². The Balaban J connectivity index is 1.46. The first kappa shape index (κ1) is 23.7. The van der Waals surface area contributed by atoms with E-state index >= 15 is 0 Å². The summed E-state index contributed by atoms with van der Waals surface area (Å²) in [5.74, 6) is -0.00955. The van der Waals surface area contributed by atoms with Gasteiger partial charge in [0.2, 0.25) is 5.88 Å². The number of carbonyl (C=O) groups is 1. The number of halogens is 1. The van der Waals surface area contributed by atoms with Gasteiger partial charge in [-0.15, -0.1) is 11.3 Å². The number of anilines is 1. The summed E-state index contributed by atoms with van der Waals surface area (Å²) in [5.41, 5.74) is 3.62. The minimum Gasteiger partial charge on any atom is -0.481 e. The van der Waals surface area contributed by atoms with Gasteiger partial charge in [0.25, 0.3) is 10.0 Å². The van der Waals surface area contributed by atoms with E-state index in [4.69, 9.17) is 4.74 Å². The van der Waals surface area contributed by atoms with Crippen molar-refractivity contribution in [2.75, 3.05) is 26.0 Å². The third-order valence-electron chi connectivity index (χ3n) is 6.37. The predicted molar refractivity (Wildman–Crippen MR) is 132 cm³/mol. The molecule has 2 N–H and O–H groups in total. The minimum absolute atomic E-state index is 0.108. The Morgan fingerprint density at radius 2 is 2.00 bits per heavy atom. The second-order valence-electron chi connectivity index (χ2n) is 8.74. The fourth-order valence-electron chi connectivity index (χ4n) is 4.68. The van der Waals surface area contributed by atoms with Gasteiger partial charge in [0.15, 0.2) is 0 Å². The first-order chi connectivity index (χ1) is 16.7. The number of hydrogen-bond acceptors (Lipinski definition) is 7. The first-order valence-corrected chi connectivity index (χ1v) is 13.5. The summed E-state index contributed by atoms with van der Waals surface area (Å²) in [5, 5.41) is 2.71. The van der Waals surface area contributed by atoms with Crippen LogP contribution >= 0.6 is 11.3 Å². The maximum Gasteiger partial charge on any atom is 0.333 e. The smallest absolute Gasteiger partial charge is 0.333 e. The molecule has 1 aliphatic carbocycles. The van der Waals surface area contributed by atoms with E-state index in [1.54, 1.807) is 18.2 Å². The van der Waals surface area contributed by atoms with Gasteiger partial charge in [0, 0.05) is 35.8 Å². The van der Waals surface area contributed by atoms with Gasteiger partial charge in [-0.25, -0.2) is 27.3 Å². The van der Waals surface area contributed by atoms with Crippen LogP contribution in [0.5, 0.6) is 5.88 Å². The molecular weight excluding hydrogens is 491 g/mol. The molecule has 11 heteroatoms. The molecule has 0 saturated heterocycles.